The van der Waals surface area contributed by atoms with Gasteiger partial charge in [0.25, 0.3) is 0 Å². The van der Waals surface area contributed by atoms with E-state index in [0.717, 1.165) is 16.5 Å². The highest BCUT2D eigenvalue weighted by atomic mass is 35.5. The number of aromatic nitrogens is 2. The highest BCUT2D eigenvalue weighted by Crippen LogP contribution is 2.25. The largest absolute Gasteiger partial charge is 0.488 e. The molecule has 36 heavy (non-hydrogen) atoms. The van der Waals surface area contributed by atoms with Crippen LogP contribution in [0.2, 0.25) is 5.15 Å². The summed E-state index contributed by atoms with van der Waals surface area (Å²) < 4.78 is 0. The zero-order valence-corrected chi connectivity index (χ0v) is 20.2. The predicted molar refractivity (Wildman–Crippen MR) is 150 cm³/mol. The summed E-state index contributed by atoms with van der Waals surface area (Å²) in [5, 5.41) is 22.3. The molecule has 0 spiro atoms. The van der Waals surface area contributed by atoms with E-state index in [-0.39, 0.29) is 0 Å². The Bertz CT molecular complexity index is 1520. The van der Waals surface area contributed by atoms with Gasteiger partial charge >= 0.3 is 7.12 Å². The second-order valence-electron chi connectivity index (χ2n) is 7.85. The molecule has 0 radical (unpaired) electrons. The Morgan fingerprint density at radius 3 is 1.61 bits per heavy atom. The van der Waals surface area contributed by atoms with Crippen LogP contribution in [0.3, 0.4) is 0 Å². The highest BCUT2D eigenvalue weighted by molar-refractivity contribution is 6.58. The molecule has 0 saturated carbocycles. The quantitative estimate of drug-likeness (QED) is 0.225. The zero-order chi connectivity index (χ0) is 25.2. The first kappa shape index (κ1) is 25.1. The van der Waals surface area contributed by atoms with Crippen LogP contribution in [0.15, 0.2) is 134 Å². The van der Waals surface area contributed by atoms with Gasteiger partial charge in [0, 0.05) is 28.7 Å². The van der Waals surface area contributed by atoms with Gasteiger partial charge in [-0.1, -0.05) is 121 Å². The molecule has 4 aromatic carbocycles. The van der Waals surface area contributed by atoms with Crippen molar-refractivity contribution in [1.82, 2.24) is 9.97 Å². The third kappa shape index (κ3) is 6.55. The minimum atomic E-state index is -1.34. The second-order valence-corrected chi connectivity index (χ2v) is 8.21. The molecule has 4 nitrogen and oxygen atoms in total. The third-order valence-electron chi connectivity index (χ3n) is 5.44. The van der Waals surface area contributed by atoms with Gasteiger partial charge < -0.3 is 10.0 Å². The first-order valence-electron chi connectivity index (χ1n) is 11.4. The van der Waals surface area contributed by atoms with Crippen molar-refractivity contribution < 1.29 is 10.0 Å². The van der Waals surface area contributed by atoms with Gasteiger partial charge in [0.2, 0.25) is 0 Å². The van der Waals surface area contributed by atoms with Crippen LogP contribution in [0.25, 0.3) is 32.8 Å². The fraction of sp³-hybridized carbons (Fsp3) is 0. The average molecular weight is 491 g/mol. The molecule has 0 aliphatic rings. The van der Waals surface area contributed by atoms with Gasteiger partial charge in [-0.3, -0.25) is 4.98 Å². The van der Waals surface area contributed by atoms with E-state index in [4.69, 9.17) is 21.6 Å². The number of hydrogen-bond acceptors (Lipinski definition) is 4. The SMILES string of the molecule is Clc1nccc2ccccc12.OB(O)c1ccccc1.c1ccc(-c2nccc3ccccc23)cc1. The molecule has 176 valence electrons. The Kier molecular flexibility index (Phi) is 8.79. The molecule has 6 aromatic rings. The summed E-state index contributed by atoms with van der Waals surface area (Å²) in [7, 11) is -1.34. The first-order chi connectivity index (χ1) is 17.6. The fourth-order valence-corrected chi connectivity index (χ4v) is 3.88. The van der Waals surface area contributed by atoms with Crippen LogP contribution >= 0.6 is 11.6 Å². The Morgan fingerprint density at radius 2 is 1.03 bits per heavy atom. The van der Waals surface area contributed by atoms with Crippen LogP contribution in [0, 0.1) is 0 Å². The average Bonchev–Trinajstić information content (AvgIpc) is 2.95. The number of rotatable bonds is 2. The van der Waals surface area contributed by atoms with Crippen LogP contribution < -0.4 is 5.46 Å². The maximum Gasteiger partial charge on any atom is 0.488 e. The fourth-order valence-electron chi connectivity index (χ4n) is 3.65. The minimum absolute atomic E-state index is 0.525. The lowest BCUT2D eigenvalue weighted by Crippen LogP contribution is -2.29. The Hall–Kier alpha value is -4.03. The number of halogens is 1. The van der Waals surface area contributed by atoms with E-state index in [1.807, 2.05) is 66.9 Å². The van der Waals surface area contributed by atoms with Crippen molar-refractivity contribution in [1.29, 1.82) is 0 Å². The summed E-state index contributed by atoms with van der Waals surface area (Å²) in [5.41, 5.74) is 2.75. The molecule has 0 bridgehead atoms. The first-order valence-corrected chi connectivity index (χ1v) is 11.8. The van der Waals surface area contributed by atoms with E-state index in [2.05, 4.69) is 46.4 Å². The van der Waals surface area contributed by atoms with Crippen molar-refractivity contribution in [2.75, 3.05) is 0 Å². The van der Waals surface area contributed by atoms with Gasteiger partial charge in [-0.15, -0.1) is 0 Å². The van der Waals surface area contributed by atoms with Crippen molar-refractivity contribution in [3.05, 3.63) is 139 Å². The van der Waals surface area contributed by atoms with Gasteiger partial charge in [0.1, 0.15) is 5.15 Å². The van der Waals surface area contributed by atoms with Crippen molar-refractivity contribution >= 4 is 45.7 Å². The molecule has 2 aromatic heterocycles. The van der Waals surface area contributed by atoms with Crippen LogP contribution in [0.5, 0.6) is 0 Å². The summed E-state index contributed by atoms with van der Waals surface area (Å²) in [5.74, 6) is 0. The van der Waals surface area contributed by atoms with Crippen molar-refractivity contribution in [3.8, 4) is 11.3 Å². The minimum Gasteiger partial charge on any atom is -0.423 e. The maximum atomic E-state index is 8.58. The van der Waals surface area contributed by atoms with Crippen molar-refractivity contribution in [3.63, 3.8) is 0 Å². The highest BCUT2D eigenvalue weighted by Gasteiger charge is 2.07. The van der Waals surface area contributed by atoms with E-state index >= 15 is 0 Å². The number of benzene rings is 4. The van der Waals surface area contributed by atoms with Gasteiger partial charge in [0.15, 0.2) is 0 Å². The standard InChI is InChI=1S/C15H11N.C9H6ClN.C6H7BO2/c1-2-7-13(8-3-1)15-14-9-5-4-6-12(14)10-11-16-15;10-9-8-4-2-1-3-7(8)5-6-11-9;8-7(9)6-4-2-1-3-5-6/h1-11H;1-6H;1-5,8-9H. The lowest BCUT2D eigenvalue weighted by atomic mass is 9.81. The zero-order valence-electron chi connectivity index (χ0n) is 19.4. The summed E-state index contributed by atoms with van der Waals surface area (Å²) in [4.78, 5) is 8.45. The van der Waals surface area contributed by atoms with Gasteiger partial charge in [-0.25, -0.2) is 4.98 Å². The third-order valence-corrected chi connectivity index (χ3v) is 5.74. The van der Waals surface area contributed by atoms with Gasteiger partial charge in [-0.2, -0.15) is 0 Å². The van der Waals surface area contributed by atoms with E-state index in [1.54, 1.807) is 30.5 Å². The van der Waals surface area contributed by atoms with E-state index in [0.29, 0.717) is 10.6 Å². The topological polar surface area (TPSA) is 66.2 Å². The number of hydrogen-bond donors (Lipinski definition) is 2. The summed E-state index contributed by atoms with van der Waals surface area (Å²) in [6.07, 6.45) is 3.58. The Balaban J connectivity index is 0.000000134. The lowest BCUT2D eigenvalue weighted by molar-refractivity contribution is 0.426. The van der Waals surface area contributed by atoms with Crippen LogP contribution in [0.1, 0.15) is 0 Å². The monoisotopic (exact) mass is 490 g/mol. The van der Waals surface area contributed by atoms with Crippen LogP contribution in [-0.4, -0.2) is 27.1 Å². The summed E-state index contributed by atoms with van der Waals surface area (Å²) in [6.45, 7) is 0. The maximum absolute atomic E-state index is 8.58. The van der Waals surface area contributed by atoms with Crippen molar-refractivity contribution in [2.45, 2.75) is 0 Å². The molecule has 0 amide bonds. The normalized spacial score (nSPS) is 10.1. The van der Waals surface area contributed by atoms with Gasteiger partial charge in [-0.05, 0) is 28.4 Å². The van der Waals surface area contributed by atoms with Crippen molar-refractivity contribution in [2.24, 2.45) is 0 Å². The Labute approximate surface area is 215 Å². The molecular formula is C30H24BClN2O2. The summed E-state index contributed by atoms with van der Waals surface area (Å²) >= 11 is 5.85. The molecule has 6 rings (SSSR count). The van der Waals surface area contributed by atoms with Gasteiger partial charge in [0.05, 0.1) is 5.69 Å². The molecule has 0 aliphatic carbocycles. The molecule has 0 saturated heterocycles. The van der Waals surface area contributed by atoms with Crippen LogP contribution in [0.4, 0.5) is 0 Å². The second kappa shape index (κ2) is 12.6. The molecule has 0 fully saturated rings. The predicted octanol–water partition coefficient (Wildman–Crippen LogP) is 6.16. The Morgan fingerprint density at radius 1 is 0.528 bits per heavy atom. The molecule has 6 heteroatoms. The molecule has 0 atom stereocenters. The molecule has 0 unspecified atom stereocenters. The lowest BCUT2D eigenvalue weighted by Gasteiger charge is -2.04. The molecule has 2 N–H and O–H groups in total. The smallest absolute Gasteiger partial charge is 0.423 e. The number of nitrogens with zero attached hydrogens (tertiary/aromatic N) is 2. The van der Waals surface area contributed by atoms with E-state index in [1.165, 1.54) is 16.3 Å². The number of fused-ring (bicyclic) bond motifs is 2. The number of pyridine rings is 2. The summed E-state index contributed by atoms with van der Waals surface area (Å²) in [6, 6.07) is 39.2. The molecular weight excluding hydrogens is 467 g/mol. The van der Waals surface area contributed by atoms with Crippen LogP contribution in [-0.2, 0) is 0 Å². The van der Waals surface area contributed by atoms with E-state index in [9.17, 15) is 0 Å². The van der Waals surface area contributed by atoms with E-state index < -0.39 is 7.12 Å². The molecule has 0 aliphatic heterocycles. The molecule has 2 heterocycles.